The molecule has 0 saturated heterocycles. The molecule has 4 aromatic rings. The van der Waals surface area contributed by atoms with Crippen molar-refractivity contribution in [3.8, 4) is 0 Å². The fourth-order valence-electron chi connectivity index (χ4n) is 7.68. The molecule has 4 aliphatic carbocycles. The van der Waals surface area contributed by atoms with E-state index in [-0.39, 0.29) is 11.1 Å². The molecule has 35 heavy (non-hydrogen) atoms. The first-order valence-electron chi connectivity index (χ1n) is 13.1. The zero-order chi connectivity index (χ0) is 23.6. The van der Waals surface area contributed by atoms with Crippen molar-refractivity contribution in [3.05, 3.63) is 64.7 Å². The number of nitrogens with one attached hydrogen (secondary N) is 2. The molecule has 180 valence electrons. The zero-order valence-electron chi connectivity index (χ0n) is 20.2. The molecule has 4 bridgehead atoms. The van der Waals surface area contributed by atoms with Gasteiger partial charge in [0, 0.05) is 12.1 Å². The van der Waals surface area contributed by atoms with Gasteiger partial charge in [0.15, 0.2) is 5.82 Å². The Balaban J connectivity index is 1.21. The maximum absolute atomic E-state index is 13.0. The van der Waals surface area contributed by atoms with Gasteiger partial charge in [0.1, 0.15) is 0 Å². The number of nitrogens with zero attached hydrogens (tertiary/aromatic N) is 4. The van der Waals surface area contributed by atoms with Crippen LogP contribution >= 0.6 is 0 Å². The molecule has 2 aromatic carbocycles. The lowest BCUT2D eigenvalue weighted by atomic mass is 9.53. The Kier molecular flexibility index (Phi) is 4.69. The molecule has 2 aromatic heterocycles. The molecule has 0 amide bonds. The summed E-state index contributed by atoms with van der Waals surface area (Å²) in [6, 6.07) is 16.3. The Bertz CT molecular complexity index is 1450. The molecule has 4 aliphatic rings. The van der Waals surface area contributed by atoms with Gasteiger partial charge in [-0.25, -0.2) is 0 Å². The van der Waals surface area contributed by atoms with Crippen LogP contribution < -0.4 is 16.2 Å². The fourth-order valence-corrected chi connectivity index (χ4v) is 7.68. The van der Waals surface area contributed by atoms with Crippen LogP contribution in [0.25, 0.3) is 16.7 Å². The lowest BCUT2D eigenvalue weighted by Gasteiger charge is -2.57. The quantitative estimate of drug-likeness (QED) is 0.414. The van der Waals surface area contributed by atoms with Crippen LogP contribution in [0.2, 0.25) is 0 Å². The third kappa shape index (κ3) is 3.35. The number of aromatic nitrogens is 4. The molecule has 4 saturated carbocycles. The molecule has 0 radical (unpaired) electrons. The molecule has 0 unspecified atom stereocenters. The van der Waals surface area contributed by atoms with E-state index < -0.39 is 0 Å². The van der Waals surface area contributed by atoms with Crippen LogP contribution in [0.4, 0.5) is 11.4 Å². The summed E-state index contributed by atoms with van der Waals surface area (Å²) in [4.78, 5) is 13.0. The van der Waals surface area contributed by atoms with Crippen molar-refractivity contribution in [1.29, 1.82) is 0 Å². The number of hydrogen-bond donors (Lipinski definition) is 2. The van der Waals surface area contributed by atoms with Gasteiger partial charge in [-0.15, -0.1) is 10.2 Å². The number of fused-ring (bicyclic) bond motifs is 3. The van der Waals surface area contributed by atoms with Crippen LogP contribution in [0.5, 0.6) is 0 Å². The minimum Gasteiger partial charge on any atom is -0.378 e. The number of hydrogen-bond acceptors (Lipinski definition) is 5. The Labute approximate surface area is 204 Å². The molecule has 2 heterocycles. The second-order valence-electron chi connectivity index (χ2n) is 11.0. The summed E-state index contributed by atoms with van der Waals surface area (Å²) in [6.45, 7) is 3.04. The van der Waals surface area contributed by atoms with Crippen molar-refractivity contribution in [3.63, 3.8) is 0 Å². The Morgan fingerprint density at radius 3 is 2.29 bits per heavy atom. The molecule has 8 rings (SSSR count). The number of para-hydroxylation sites is 3. The number of anilines is 2. The van der Waals surface area contributed by atoms with Crippen LogP contribution in [0.1, 0.15) is 51.3 Å². The van der Waals surface area contributed by atoms with Crippen molar-refractivity contribution in [2.24, 2.45) is 17.8 Å². The standard InChI is InChI=1S/C28H32N6O/c1-2-33-26(35)21-7-3-6-10-24(21)34-25(31-32-27(33)34)17-29-22-8-4-5-9-23(22)30-28-14-18-11-19(15-28)13-20(12-18)16-28/h3-10,18-20,29-30H,2,11-17H2,1H3. The van der Waals surface area contributed by atoms with Gasteiger partial charge in [0.2, 0.25) is 5.78 Å². The normalized spacial score (nSPS) is 27.1. The van der Waals surface area contributed by atoms with Gasteiger partial charge in [0.25, 0.3) is 5.56 Å². The van der Waals surface area contributed by atoms with E-state index in [4.69, 9.17) is 0 Å². The van der Waals surface area contributed by atoms with E-state index >= 15 is 0 Å². The summed E-state index contributed by atoms with van der Waals surface area (Å²) in [6.07, 6.45) is 8.25. The number of benzene rings is 2. The van der Waals surface area contributed by atoms with Crippen LogP contribution in [0.3, 0.4) is 0 Å². The van der Waals surface area contributed by atoms with E-state index in [1.165, 1.54) is 44.2 Å². The van der Waals surface area contributed by atoms with E-state index in [1.54, 1.807) is 4.57 Å². The molecule has 0 aliphatic heterocycles. The maximum atomic E-state index is 13.0. The highest BCUT2D eigenvalue weighted by Crippen LogP contribution is 2.56. The molecular weight excluding hydrogens is 436 g/mol. The van der Waals surface area contributed by atoms with E-state index in [1.807, 2.05) is 35.6 Å². The van der Waals surface area contributed by atoms with E-state index in [0.29, 0.717) is 24.3 Å². The van der Waals surface area contributed by atoms with E-state index in [2.05, 4.69) is 45.1 Å². The Morgan fingerprint density at radius 1 is 0.914 bits per heavy atom. The summed E-state index contributed by atoms with van der Waals surface area (Å²) in [7, 11) is 0. The van der Waals surface area contributed by atoms with Crippen LogP contribution in [-0.4, -0.2) is 24.7 Å². The van der Waals surface area contributed by atoms with Gasteiger partial charge in [-0.2, -0.15) is 0 Å². The number of rotatable bonds is 6. The molecular formula is C28H32N6O. The average Bonchev–Trinajstić information content (AvgIpc) is 3.27. The predicted molar refractivity (Wildman–Crippen MR) is 139 cm³/mol. The van der Waals surface area contributed by atoms with Crippen molar-refractivity contribution in [2.45, 2.75) is 64.1 Å². The van der Waals surface area contributed by atoms with Gasteiger partial charge in [-0.1, -0.05) is 24.3 Å². The van der Waals surface area contributed by atoms with Crippen LogP contribution in [-0.2, 0) is 13.1 Å². The van der Waals surface area contributed by atoms with Crippen molar-refractivity contribution < 1.29 is 0 Å². The third-order valence-electron chi connectivity index (χ3n) is 8.69. The molecule has 4 fully saturated rings. The summed E-state index contributed by atoms with van der Waals surface area (Å²) >= 11 is 0. The molecule has 0 spiro atoms. The second-order valence-corrected chi connectivity index (χ2v) is 11.0. The van der Waals surface area contributed by atoms with E-state index in [0.717, 1.165) is 34.8 Å². The molecule has 7 heteroatoms. The number of aryl methyl sites for hydroxylation is 1. The summed E-state index contributed by atoms with van der Waals surface area (Å²) < 4.78 is 3.71. The summed E-state index contributed by atoms with van der Waals surface area (Å²) in [5.74, 6) is 4.10. The second kappa shape index (κ2) is 7.83. The largest absolute Gasteiger partial charge is 0.378 e. The first kappa shape index (κ1) is 21.0. The monoisotopic (exact) mass is 468 g/mol. The van der Waals surface area contributed by atoms with Gasteiger partial charge >= 0.3 is 0 Å². The third-order valence-corrected chi connectivity index (χ3v) is 8.69. The minimum absolute atomic E-state index is 0.0207. The Morgan fingerprint density at radius 2 is 1.57 bits per heavy atom. The molecule has 7 nitrogen and oxygen atoms in total. The topological polar surface area (TPSA) is 76.2 Å². The summed E-state index contributed by atoms with van der Waals surface area (Å²) in [5, 5.41) is 17.2. The molecule has 2 N–H and O–H groups in total. The van der Waals surface area contributed by atoms with Crippen molar-refractivity contribution in [1.82, 2.24) is 19.2 Å². The SMILES string of the molecule is CCn1c(=O)c2ccccc2n2c(CNc3ccccc3NC34CC5CC(CC(C5)C3)C4)nnc12. The molecule has 0 atom stereocenters. The van der Waals surface area contributed by atoms with Crippen molar-refractivity contribution in [2.75, 3.05) is 10.6 Å². The first-order valence-corrected chi connectivity index (χ1v) is 13.1. The lowest BCUT2D eigenvalue weighted by Crippen LogP contribution is -2.54. The highest BCUT2D eigenvalue weighted by Gasteiger charge is 2.51. The first-order chi connectivity index (χ1) is 17.1. The Hall–Kier alpha value is -3.35. The minimum atomic E-state index is -0.0207. The van der Waals surface area contributed by atoms with Crippen LogP contribution in [0, 0.1) is 17.8 Å². The summed E-state index contributed by atoms with van der Waals surface area (Å²) in [5.41, 5.74) is 3.35. The fraction of sp³-hybridized carbons (Fsp3) is 0.464. The zero-order valence-corrected chi connectivity index (χ0v) is 20.2. The van der Waals surface area contributed by atoms with Gasteiger partial charge in [-0.05, 0) is 87.5 Å². The van der Waals surface area contributed by atoms with E-state index in [9.17, 15) is 4.79 Å². The highest BCUT2D eigenvalue weighted by atomic mass is 16.1. The average molecular weight is 469 g/mol. The smallest absolute Gasteiger partial charge is 0.262 e. The lowest BCUT2D eigenvalue weighted by molar-refractivity contribution is 0.0107. The van der Waals surface area contributed by atoms with Gasteiger partial charge in [0.05, 0.1) is 28.8 Å². The van der Waals surface area contributed by atoms with Gasteiger partial charge in [-0.3, -0.25) is 13.8 Å². The van der Waals surface area contributed by atoms with Gasteiger partial charge < -0.3 is 10.6 Å². The van der Waals surface area contributed by atoms with Crippen molar-refractivity contribution >= 4 is 28.1 Å². The maximum Gasteiger partial charge on any atom is 0.262 e. The highest BCUT2D eigenvalue weighted by molar-refractivity contribution is 5.80. The predicted octanol–water partition coefficient (Wildman–Crippen LogP) is 5.06. The van der Waals surface area contributed by atoms with Crippen LogP contribution in [0.15, 0.2) is 53.3 Å².